The van der Waals surface area contributed by atoms with E-state index in [1.807, 2.05) is 12.4 Å². The van der Waals surface area contributed by atoms with Gasteiger partial charge >= 0.3 is 0 Å². The summed E-state index contributed by atoms with van der Waals surface area (Å²) in [6.07, 6.45) is 6.57. The van der Waals surface area contributed by atoms with E-state index >= 15 is 0 Å². The summed E-state index contributed by atoms with van der Waals surface area (Å²) >= 11 is 0. The van der Waals surface area contributed by atoms with Crippen LogP contribution in [0.1, 0.15) is 35.4 Å². The average molecular weight is 266 g/mol. The van der Waals surface area contributed by atoms with Gasteiger partial charge in [0.15, 0.2) is 0 Å². The molecule has 0 atom stereocenters. The van der Waals surface area contributed by atoms with Crippen LogP contribution in [0, 0.1) is 0 Å². The third-order valence-corrected chi connectivity index (χ3v) is 4.35. The van der Waals surface area contributed by atoms with Gasteiger partial charge in [-0.05, 0) is 42.0 Å². The van der Waals surface area contributed by atoms with Crippen molar-refractivity contribution in [3.05, 3.63) is 53.3 Å². The molecule has 1 aromatic heterocycles. The summed E-state index contributed by atoms with van der Waals surface area (Å²) in [5.41, 5.74) is 5.47. The van der Waals surface area contributed by atoms with Crippen LogP contribution >= 0.6 is 0 Å². The first-order valence-electron chi connectivity index (χ1n) is 7.20. The molecule has 1 aromatic carbocycles. The molecule has 0 spiro atoms. The van der Waals surface area contributed by atoms with Crippen molar-refractivity contribution in [3.8, 4) is 5.75 Å². The van der Waals surface area contributed by atoms with Crippen molar-refractivity contribution in [3.63, 3.8) is 0 Å². The molecule has 4 rings (SSSR count). The molecule has 1 aliphatic carbocycles. The van der Waals surface area contributed by atoms with E-state index in [0.717, 1.165) is 24.8 Å². The molecule has 3 nitrogen and oxygen atoms in total. The van der Waals surface area contributed by atoms with E-state index in [1.54, 1.807) is 7.11 Å². The van der Waals surface area contributed by atoms with Gasteiger partial charge in [0.25, 0.3) is 0 Å². The van der Waals surface area contributed by atoms with Crippen LogP contribution in [-0.2, 0) is 13.1 Å². The zero-order valence-electron chi connectivity index (χ0n) is 11.7. The highest BCUT2D eigenvalue weighted by molar-refractivity contribution is 5.59. The van der Waals surface area contributed by atoms with Crippen molar-refractivity contribution in [2.24, 2.45) is 0 Å². The maximum atomic E-state index is 5.49. The SMILES string of the molecule is COc1cccc2c1CN(c1ccncc1C1CC1)C2. The topological polar surface area (TPSA) is 25.4 Å². The predicted octanol–water partition coefficient (Wildman–Crippen LogP) is 3.49. The molecule has 1 saturated carbocycles. The van der Waals surface area contributed by atoms with Crippen molar-refractivity contribution < 1.29 is 4.74 Å². The summed E-state index contributed by atoms with van der Waals surface area (Å²) in [6, 6.07) is 8.49. The Morgan fingerprint density at radius 1 is 1.20 bits per heavy atom. The van der Waals surface area contributed by atoms with Crippen LogP contribution < -0.4 is 9.64 Å². The van der Waals surface area contributed by atoms with Crippen LogP contribution in [0.4, 0.5) is 5.69 Å². The number of benzene rings is 1. The highest BCUT2D eigenvalue weighted by Crippen LogP contribution is 2.45. The van der Waals surface area contributed by atoms with E-state index in [9.17, 15) is 0 Å². The number of rotatable bonds is 3. The molecule has 0 bridgehead atoms. The van der Waals surface area contributed by atoms with Gasteiger partial charge in [-0.25, -0.2) is 0 Å². The second-order valence-corrected chi connectivity index (χ2v) is 5.66. The van der Waals surface area contributed by atoms with Crippen LogP contribution in [0.5, 0.6) is 5.75 Å². The van der Waals surface area contributed by atoms with E-state index < -0.39 is 0 Å². The first-order valence-corrected chi connectivity index (χ1v) is 7.20. The minimum atomic E-state index is 0.726. The highest BCUT2D eigenvalue weighted by atomic mass is 16.5. The molecule has 2 aromatic rings. The number of ether oxygens (including phenoxy) is 1. The first kappa shape index (κ1) is 11.8. The number of aromatic nitrogens is 1. The van der Waals surface area contributed by atoms with Gasteiger partial charge in [0.1, 0.15) is 5.75 Å². The number of fused-ring (bicyclic) bond motifs is 1. The van der Waals surface area contributed by atoms with Gasteiger partial charge in [-0.3, -0.25) is 4.98 Å². The van der Waals surface area contributed by atoms with Gasteiger partial charge in [0.05, 0.1) is 7.11 Å². The number of hydrogen-bond donors (Lipinski definition) is 0. The van der Waals surface area contributed by atoms with Gasteiger partial charge in [0.2, 0.25) is 0 Å². The van der Waals surface area contributed by atoms with E-state index in [4.69, 9.17) is 4.74 Å². The largest absolute Gasteiger partial charge is 0.496 e. The Bertz CT molecular complexity index is 649. The van der Waals surface area contributed by atoms with E-state index in [1.165, 1.54) is 35.2 Å². The first-order chi connectivity index (χ1) is 9.86. The molecule has 2 heterocycles. The third-order valence-electron chi connectivity index (χ3n) is 4.35. The Balaban J connectivity index is 1.70. The number of anilines is 1. The minimum Gasteiger partial charge on any atom is -0.496 e. The Morgan fingerprint density at radius 2 is 2.10 bits per heavy atom. The van der Waals surface area contributed by atoms with Crippen molar-refractivity contribution in [2.75, 3.05) is 12.0 Å². The van der Waals surface area contributed by atoms with Gasteiger partial charge in [0, 0.05) is 36.7 Å². The molecule has 0 saturated heterocycles. The molecule has 0 unspecified atom stereocenters. The minimum absolute atomic E-state index is 0.726. The molecule has 0 amide bonds. The van der Waals surface area contributed by atoms with Gasteiger partial charge in [-0.2, -0.15) is 0 Å². The molecule has 2 aliphatic rings. The van der Waals surface area contributed by atoms with Crippen molar-refractivity contribution in [1.82, 2.24) is 4.98 Å². The predicted molar refractivity (Wildman–Crippen MR) is 79.1 cm³/mol. The lowest BCUT2D eigenvalue weighted by Gasteiger charge is -2.21. The molecular formula is C17H18N2O. The Morgan fingerprint density at radius 3 is 2.90 bits per heavy atom. The zero-order valence-corrected chi connectivity index (χ0v) is 11.7. The zero-order chi connectivity index (χ0) is 13.5. The van der Waals surface area contributed by atoms with Crippen LogP contribution in [0.15, 0.2) is 36.7 Å². The number of methoxy groups -OCH3 is 1. The standard InChI is InChI=1S/C17H18N2O/c1-20-17-4-2-3-13-10-19(11-15(13)17)16-7-8-18-9-14(16)12-5-6-12/h2-4,7-9,12H,5-6,10-11H2,1H3. The Hall–Kier alpha value is -2.03. The lowest BCUT2D eigenvalue weighted by atomic mass is 10.1. The number of pyridine rings is 1. The summed E-state index contributed by atoms with van der Waals surface area (Å²) in [5.74, 6) is 1.73. The van der Waals surface area contributed by atoms with Crippen molar-refractivity contribution in [2.45, 2.75) is 31.8 Å². The van der Waals surface area contributed by atoms with Crippen molar-refractivity contribution >= 4 is 5.69 Å². The molecule has 102 valence electrons. The molecule has 1 aliphatic heterocycles. The van der Waals surface area contributed by atoms with Crippen LogP contribution in [0.3, 0.4) is 0 Å². The fourth-order valence-corrected chi connectivity index (χ4v) is 3.15. The fraction of sp³-hybridized carbons (Fsp3) is 0.353. The number of nitrogens with zero attached hydrogens (tertiary/aromatic N) is 2. The smallest absolute Gasteiger partial charge is 0.124 e. The fourth-order valence-electron chi connectivity index (χ4n) is 3.15. The quantitative estimate of drug-likeness (QED) is 0.850. The van der Waals surface area contributed by atoms with Crippen LogP contribution in [-0.4, -0.2) is 12.1 Å². The molecule has 0 N–H and O–H groups in total. The highest BCUT2D eigenvalue weighted by Gasteiger charge is 2.30. The number of hydrogen-bond acceptors (Lipinski definition) is 3. The molecule has 1 fully saturated rings. The molecule has 0 radical (unpaired) electrons. The Labute approximate surface area is 119 Å². The van der Waals surface area contributed by atoms with Crippen molar-refractivity contribution in [1.29, 1.82) is 0 Å². The summed E-state index contributed by atoms with van der Waals surface area (Å²) in [4.78, 5) is 6.76. The van der Waals surface area contributed by atoms with Crippen LogP contribution in [0.2, 0.25) is 0 Å². The maximum Gasteiger partial charge on any atom is 0.124 e. The average Bonchev–Trinajstić information content (AvgIpc) is 3.25. The lowest BCUT2D eigenvalue weighted by Crippen LogP contribution is -2.16. The third kappa shape index (κ3) is 1.85. The van der Waals surface area contributed by atoms with Crippen LogP contribution in [0.25, 0.3) is 0 Å². The molecule has 20 heavy (non-hydrogen) atoms. The van der Waals surface area contributed by atoms with Gasteiger partial charge < -0.3 is 9.64 Å². The van der Waals surface area contributed by atoms with E-state index in [2.05, 4.69) is 34.1 Å². The normalized spacial score (nSPS) is 17.1. The second kappa shape index (κ2) is 4.51. The lowest BCUT2D eigenvalue weighted by molar-refractivity contribution is 0.410. The molecule has 3 heteroatoms. The monoisotopic (exact) mass is 266 g/mol. The van der Waals surface area contributed by atoms with E-state index in [-0.39, 0.29) is 0 Å². The van der Waals surface area contributed by atoms with E-state index in [0.29, 0.717) is 0 Å². The summed E-state index contributed by atoms with van der Waals surface area (Å²) in [6.45, 7) is 1.90. The summed E-state index contributed by atoms with van der Waals surface area (Å²) in [7, 11) is 1.75. The Kier molecular flexibility index (Phi) is 2.66. The second-order valence-electron chi connectivity index (χ2n) is 5.66. The summed E-state index contributed by atoms with van der Waals surface area (Å²) < 4.78 is 5.49. The van der Waals surface area contributed by atoms with Gasteiger partial charge in [-0.1, -0.05) is 12.1 Å². The molecular weight excluding hydrogens is 248 g/mol. The summed E-state index contributed by atoms with van der Waals surface area (Å²) in [5, 5.41) is 0. The van der Waals surface area contributed by atoms with Gasteiger partial charge in [-0.15, -0.1) is 0 Å². The maximum absolute atomic E-state index is 5.49.